The maximum atomic E-state index is 5.21. The molecule has 0 aliphatic carbocycles. The van der Waals surface area contributed by atoms with Gasteiger partial charge in [-0.05, 0) is 5.92 Å². The molecule has 1 rings (SSSR count). The molecule has 0 fully saturated rings. The summed E-state index contributed by atoms with van der Waals surface area (Å²) in [7, 11) is 2.10. The summed E-state index contributed by atoms with van der Waals surface area (Å²) < 4.78 is 0. The Morgan fingerprint density at radius 2 is 2.00 bits per heavy atom. The normalized spacial score (nSPS) is 12.0. The lowest BCUT2D eigenvalue weighted by molar-refractivity contribution is -0.886. The Hall–Kier alpha value is -1.26. The largest absolute Gasteiger partial charge is 0.324 e. The van der Waals surface area contributed by atoms with Gasteiger partial charge in [0.05, 0.1) is 7.05 Å². The Kier molecular flexibility index (Phi) is 3.37. The zero-order valence-electron chi connectivity index (χ0n) is 7.38. The van der Waals surface area contributed by atoms with E-state index in [1.165, 1.54) is 10.5 Å². The predicted octanol–water partition coefficient (Wildman–Crippen LogP) is 0.334. The third kappa shape index (κ3) is 2.77. The van der Waals surface area contributed by atoms with Crippen LogP contribution in [0.15, 0.2) is 30.3 Å². The van der Waals surface area contributed by atoms with Gasteiger partial charge in [0.2, 0.25) is 0 Å². The molecule has 0 amide bonds. The van der Waals surface area contributed by atoms with Gasteiger partial charge in [0.1, 0.15) is 13.1 Å². The van der Waals surface area contributed by atoms with Gasteiger partial charge in [-0.15, -0.1) is 6.42 Å². The van der Waals surface area contributed by atoms with Gasteiger partial charge in [-0.2, -0.15) is 0 Å². The first-order valence-corrected chi connectivity index (χ1v) is 4.11. The van der Waals surface area contributed by atoms with Crippen LogP contribution in [0.3, 0.4) is 0 Å². The standard InChI is InChI=1S/C11H13N/c1-3-9-12(2)10-11-7-5-4-6-8-11/h1,4-8H,9-10H2,2H3/p+1. The van der Waals surface area contributed by atoms with Crippen LogP contribution in [0, 0.1) is 12.3 Å². The number of rotatable bonds is 3. The summed E-state index contributed by atoms with van der Waals surface area (Å²) in [5.41, 5.74) is 1.34. The molecule has 0 aliphatic rings. The van der Waals surface area contributed by atoms with E-state index < -0.39 is 0 Å². The van der Waals surface area contributed by atoms with E-state index in [0.717, 1.165) is 13.1 Å². The first-order chi connectivity index (χ1) is 5.83. The monoisotopic (exact) mass is 160 g/mol. The molecule has 0 heterocycles. The molecular weight excluding hydrogens is 146 g/mol. The molecule has 1 aromatic carbocycles. The maximum Gasteiger partial charge on any atom is 0.139 e. The van der Waals surface area contributed by atoms with Gasteiger partial charge in [0, 0.05) is 5.56 Å². The fourth-order valence-electron chi connectivity index (χ4n) is 1.18. The lowest BCUT2D eigenvalue weighted by Gasteiger charge is -2.09. The molecule has 0 saturated heterocycles. The van der Waals surface area contributed by atoms with Gasteiger partial charge in [-0.3, -0.25) is 0 Å². The molecule has 0 saturated carbocycles. The number of hydrogen-bond donors (Lipinski definition) is 1. The van der Waals surface area contributed by atoms with Crippen molar-refractivity contribution in [1.82, 2.24) is 0 Å². The van der Waals surface area contributed by atoms with Crippen molar-refractivity contribution in [3.8, 4) is 12.3 Å². The third-order valence-electron chi connectivity index (χ3n) is 1.75. The van der Waals surface area contributed by atoms with Crippen LogP contribution in [-0.4, -0.2) is 13.6 Å². The van der Waals surface area contributed by atoms with E-state index in [4.69, 9.17) is 6.42 Å². The number of hydrogen-bond acceptors (Lipinski definition) is 0. The number of benzene rings is 1. The van der Waals surface area contributed by atoms with Crippen molar-refractivity contribution in [2.45, 2.75) is 6.54 Å². The number of quaternary nitrogens is 1. The fourth-order valence-corrected chi connectivity index (χ4v) is 1.18. The summed E-state index contributed by atoms with van der Waals surface area (Å²) in [4.78, 5) is 1.35. The van der Waals surface area contributed by atoms with Crippen LogP contribution in [0.1, 0.15) is 5.56 Å². The van der Waals surface area contributed by atoms with Crippen molar-refractivity contribution >= 4 is 0 Å². The summed E-state index contributed by atoms with van der Waals surface area (Å²) >= 11 is 0. The van der Waals surface area contributed by atoms with Crippen LogP contribution in [0.5, 0.6) is 0 Å². The smallest absolute Gasteiger partial charge is 0.139 e. The average Bonchev–Trinajstić information content (AvgIpc) is 2.06. The van der Waals surface area contributed by atoms with E-state index in [1.54, 1.807) is 0 Å². The molecule has 1 unspecified atom stereocenters. The minimum absolute atomic E-state index is 0.787. The van der Waals surface area contributed by atoms with E-state index in [2.05, 4.69) is 37.2 Å². The summed E-state index contributed by atoms with van der Waals surface area (Å²) in [6.45, 7) is 1.79. The summed E-state index contributed by atoms with van der Waals surface area (Å²) in [6, 6.07) is 10.4. The molecule has 62 valence electrons. The van der Waals surface area contributed by atoms with E-state index in [-0.39, 0.29) is 0 Å². The van der Waals surface area contributed by atoms with Crippen molar-refractivity contribution < 1.29 is 4.90 Å². The van der Waals surface area contributed by atoms with E-state index in [1.807, 2.05) is 6.07 Å². The maximum absolute atomic E-state index is 5.21. The molecule has 1 heteroatoms. The highest BCUT2D eigenvalue weighted by Crippen LogP contribution is 1.94. The molecule has 0 aliphatic heterocycles. The molecule has 1 N–H and O–H groups in total. The third-order valence-corrected chi connectivity index (χ3v) is 1.75. The van der Waals surface area contributed by atoms with Gasteiger partial charge in [-0.1, -0.05) is 30.3 Å². The van der Waals surface area contributed by atoms with Gasteiger partial charge in [-0.25, -0.2) is 0 Å². The fraction of sp³-hybridized carbons (Fsp3) is 0.273. The molecule has 0 spiro atoms. The quantitative estimate of drug-likeness (QED) is 0.608. The molecule has 12 heavy (non-hydrogen) atoms. The molecule has 1 atom stereocenters. The van der Waals surface area contributed by atoms with Crippen LogP contribution in [0.2, 0.25) is 0 Å². The first-order valence-electron chi connectivity index (χ1n) is 4.11. The predicted molar refractivity (Wildman–Crippen MR) is 50.7 cm³/mol. The highest BCUT2D eigenvalue weighted by molar-refractivity contribution is 5.13. The second-order valence-corrected chi connectivity index (χ2v) is 3.00. The number of nitrogens with one attached hydrogen (secondary N) is 1. The minimum Gasteiger partial charge on any atom is -0.324 e. The van der Waals surface area contributed by atoms with Crippen LogP contribution < -0.4 is 4.90 Å². The summed E-state index contributed by atoms with van der Waals surface area (Å²) in [6.07, 6.45) is 5.21. The highest BCUT2D eigenvalue weighted by Gasteiger charge is 1.99. The van der Waals surface area contributed by atoms with E-state index in [9.17, 15) is 0 Å². The second kappa shape index (κ2) is 4.58. The molecule has 0 bridgehead atoms. The van der Waals surface area contributed by atoms with Gasteiger partial charge >= 0.3 is 0 Å². The SMILES string of the molecule is C#CC[NH+](C)Cc1ccccc1. The van der Waals surface area contributed by atoms with Crippen LogP contribution in [0.25, 0.3) is 0 Å². The topological polar surface area (TPSA) is 4.44 Å². The Morgan fingerprint density at radius 1 is 1.33 bits per heavy atom. The summed E-state index contributed by atoms with van der Waals surface area (Å²) in [5, 5.41) is 0. The van der Waals surface area contributed by atoms with E-state index in [0.29, 0.717) is 0 Å². The Labute approximate surface area is 74.0 Å². The Bertz CT molecular complexity index is 258. The molecular formula is C11H14N+. The lowest BCUT2D eigenvalue weighted by Crippen LogP contribution is -3.07. The summed E-state index contributed by atoms with van der Waals surface area (Å²) in [5.74, 6) is 2.65. The number of terminal acetylenes is 1. The first kappa shape index (κ1) is 8.83. The average molecular weight is 160 g/mol. The van der Waals surface area contributed by atoms with Crippen molar-refractivity contribution in [2.24, 2.45) is 0 Å². The van der Waals surface area contributed by atoms with Gasteiger partial charge < -0.3 is 4.90 Å². The van der Waals surface area contributed by atoms with Crippen molar-refractivity contribution in [3.05, 3.63) is 35.9 Å². The molecule has 0 aromatic heterocycles. The molecule has 0 radical (unpaired) electrons. The lowest BCUT2D eigenvalue weighted by atomic mass is 10.2. The van der Waals surface area contributed by atoms with Crippen molar-refractivity contribution in [1.29, 1.82) is 0 Å². The highest BCUT2D eigenvalue weighted by atomic mass is 15.1. The van der Waals surface area contributed by atoms with Crippen LogP contribution in [-0.2, 0) is 6.54 Å². The van der Waals surface area contributed by atoms with Gasteiger partial charge in [0.15, 0.2) is 0 Å². The Balaban J connectivity index is 2.48. The Morgan fingerprint density at radius 3 is 2.58 bits per heavy atom. The van der Waals surface area contributed by atoms with Crippen molar-refractivity contribution in [3.63, 3.8) is 0 Å². The van der Waals surface area contributed by atoms with Gasteiger partial charge in [0.25, 0.3) is 0 Å². The molecule has 1 aromatic rings. The van der Waals surface area contributed by atoms with Crippen molar-refractivity contribution in [2.75, 3.05) is 13.6 Å². The molecule has 1 nitrogen and oxygen atoms in total. The van der Waals surface area contributed by atoms with Crippen LogP contribution in [0.4, 0.5) is 0 Å². The minimum atomic E-state index is 0.787. The zero-order chi connectivity index (χ0) is 8.81. The zero-order valence-corrected chi connectivity index (χ0v) is 7.38. The second-order valence-electron chi connectivity index (χ2n) is 3.00. The van der Waals surface area contributed by atoms with E-state index >= 15 is 0 Å². The van der Waals surface area contributed by atoms with Crippen LogP contribution >= 0.6 is 0 Å².